The van der Waals surface area contributed by atoms with Crippen LogP contribution in [-0.2, 0) is 6.42 Å². The zero-order chi connectivity index (χ0) is 11.8. The van der Waals surface area contributed by atoms with Crippen LogP contribution >= 0.6 is 0 Å². The highest BCUT2D eigenvalue weighted by atomic mass is 16.5. The van der Waals surface area contributed by atoms with E-state index in [9.17, 15) is 0 Å². The Morgan fingerprint density at radius 2 is 2.18 bits per heavy atom. The third-order valence-corrected chi connectivity index (χ3v) is 4.54. The number of likely N-dealkylation sites (N-methyl/N-ethyl adjacent to an activating group) is 1. The molecule has 0 bridgehead atoms. The lowest BCUT2D eigenvalue weighted by Crippen LogP contribution is -2.44. The monoisotopic (exact) mass is 231 g/mol. The number of ether oxygens (including phenoxy) is 1. The Balaban J connectivity index is 2.01. The highest BCUT2D eigenvalue weighted by molar-refractivity contribution is 5.44. The Morgan fingerprint density at radius 3 is 3.00 bits per heavy atom. The molecule has 1 aliphatic carbocycles. The lowest BCUT2D eigenvalue weighted by Gasteiger charge is -2.43. The van der Waals surface area contributed by atoms with Crippen molar-refractivity contribution in [3.63, 3.8) is 0 Å². The quantitative estimate of drug-likeness (QED) is 0.737. The second-order valence-electron chi connectivity index (χ2n) is 5.36. The Kier molecular flexibility index (Phi) is 2.83. The summed E-state index contributed by atoms with van der Waals surface area (Å²) in [5, 5.41) is 0. The summed E-state index contributed by atoms with van der Waals surface area (Å²) >= 11 is 0. The van der Waals surface area contributed by atoms with Gasteiger partial charge in [0.05, 0.1) is 7.11 Å². The van der Waals surface area contributed by atoms with Crippen molar-refractivity contribution in [2.75, 3.05) is 20.7 Å². The summed E-state index contributed by atoms with van der Waals surface area (Å²) in [6, 6.07) is 7.32. The molecule has 0 radical (unpaired) electrons. The minimum absolute atomic E-state index is 0.729. The fourth-order valence-electron chi connectivity index (χ4n) is 3.69. The maximum atomic E-state index is 5.51. The molecule has 2 nitrogen and oxygen atoms in total. The summed E-state index contributed by atoms with van der Waals surface area (Å²) < 4.78 is 5.51. The summed E-state index contributed by atoms with van der Waals surface area (Å²) in [5.74, 6) is 1.82. The van der Waals surface area contributed by atoms with E-state index in [2.05, 4.69) is 30.1 Å². The number of fused-ring (bicyclic) bond motifs is 3. The first-order chi connectivity index (χ1) is 8.31. The van der Waals surface area contributed by atoms with Gasteiger partial charge in [-0.1, -0.05) is 12.1 Å². The lowest BCUT2D eigenvalue weighted by molar-refractivity contribution is 0.143. The number of hydrogen-bond acceptors (Lipinski definition) is 2. The average Bonchev–Trinajstić information content (AvgIpc) is 2.38. The van der Waals surface area contributed by atoms with E-state index in [1.54, 1.807) is 12.7 Å². The van der Waals surface area contributed by atoms with Crippen LogP contribution in [0.5, 0.6) is 5.75 Å². The van der Waals surface area contributed by atoms with E-state index < -0.39 is 0 Å². The van der Waals surface area contributed by atoms with Crippen molar-refractivity contribution in [1.82, 2.24) is 4.90 Å². The van der Waals surface area contributed by atoms with Gasteiger partial charge in [-0.25, -0.2) is 0 Å². The van der Waals surface area contributed by atoms with Gasteiger partial charge >= 0.3 is 0 Å². The topological polar surface area (TPSA) is 12.5 Å². The fourth-order valence-corrected chi connectivity index (χ4v) is 3.69. The van der Waals surface area contributed by atoms with Gasteiger partial charge in [0.15, 0.2) is 0 Å². The predicted molar refractivity (Wildman–Crippen MR) is 69.7 cm³/mol. The standard InChI is InChI=1S/C15H21NO/c1-16-10-4-6-12-11-5-3-7-15(17-2)13(11)8-9-14(12)16/h3,5,7,12,14H,4,6,8-10H2,1-2H3. The third kappa shape index (κ3) is 1.75. The first-order valence-corrected chi connectivity index (χ1v) is 6.67. The number of likely N-dealkylation sites (tertiary alicyclic amines) is 1. The van der Waals surface area contributed by atoms with Gasteiger partial charge in [-0.3, -0.25) is 0 Å². The van der Waals surface area contributed by atoms with Crippen LogP contribution in [-0.4, -0.2) is 31.6 Å². The first-order valence-electron chi connectivity index (χ1n) is 6.67. The Hall–Kier alpha value is -1.02. The van der Waals surface area contributed by atoms with Crippen molar-refractivity contribution in [1.29, 1.82) is 0 Å². The summed E-state index contributed by atoms with van der Waals surface area (Å²) in [6.45, 7) is 1.26. The van der Waals surface area contributed by atoms with Gasteiger partial charge in [-0.15, -0.1) is 0 Å². The van der Waals surface area contributed by atoms with Gasteiger partial charge in [-0.2, -0.15) is 0 Å². The minimum atomic E-state index is 0.729. The molecule has 2 aliphatic rings. The molecule has 2 heteroatoms. The van der Waals surface area contributed by atoms with Crippen LogP contribution in [0.25, 0.3) is 0 Å². The van der Waals surface area contributed by atoms with E-state index in [0.29, 0.717) is 0 Å². The molecule has 2 atom stereocenters. The van der Waals surface area contributed by atoms with Crippen molar-refractivity contribution in [2.24, 2.45) is 0 Å². The zero-order valence-electron chi connectivity index (χ0n) is 10.8. The molecule has 1 aliphatic heterocycles. The smallest absolute Gasteiger partial charge is 0.122 e. The summed E-state index contributed by atoms with van der Waals surface area (Å²) in [6.07, 6.45) is 5.13. The molecular weight excluding hydrogens is 210 g/mol. The molecule has 1 heterocycles. The van der Waals surface area contributed by atoms with E-state index >= 15 is 0 Å². The molecule has 0 N–H and O–H groups in total. The summed E-state index contributed by atoms with van der Waals surface area (Å²) in [5.41, 5.74) is 3.01. The molecule has 17 heavy (non-hydrogen) atoms. The molecule has 92 valence electrons. The number of piperidine rings is 1. The van der Waals surface area contributed by atoms with Gasteiger partial charge in [0.1, 0.15) is 5.75 Å². The van der Waals surface area contributed by atoms with Crippen molar-refractivity contribution >= 4 is 0 Å². The number of nitrogens with zero attached hydrogens (tertiary/aromatic N) is 1. The highest BCUT2D eigenvalue weighted by Crippen LogP contribution is 2.42. The van der Waals surface area contributed by atoms with E-state index in [4.69, 9.17) is 4.74 Å². The maximum Gasteiger partial charge on any atom is 0.122 e. The SMILES string of the molecule is COc1cccc2c1CCC1C2CCCN1C. The van der Waals surface area contributed by atoms with Gasteiger partial charge in [0, 0.05) is 6.04 Å². The third-order valence-electron chi connectivity index (χ3n) is 4.54. The summed E-state index contributed by atoms with van der Waals surface area (Å²) in [4.78, 5) is 2.55. The Bertz CT molecular complexity index is 415. The number of rotatable bonds is 1. The molecule has 2 unspecified atom stereocenters. The van der Waals surface area contributed by atoms with Gasteiger partial charge in [-0.05, 0) is 62.4 Å². The molecule has 1 aromatic rings. The van der Waals surface area contributed by atoms with E-state index in [1.165, 1.54) is 37.8 Å². The molecule has 1 aromatic carbocycles. The van der Waals surface area contributed by atoms with Crippen LogP contribution in [0.2, 0.25) is 0 Å². The Morgan fingerprint density at radius 1 is 1.29 bits per heavy atom. The second kappa shape index (κ2) is 4.34. The second-order valence-corrected chi connectivity index (χ2v) is 5.36. The fraction of sp³-hybridized carbons (Fsp3) is 0.600. The van der Waals surface area contributed by atoms with E-state index in [1.807, 2.05) is 0 Å². The lowest BCUT2D eigenvalue weighted by atomic mass is 9.74. The highest BCUT2D eigenvalue weighted by Gasteiger charge is 2.35. The number of hydrogen-bond donors (Lipinski definition) is 0. The average molecular weight is 231 g/mol. The molecular formula is C15H21NO. The number of benzene rings is 1. The predicted octanol–water partition coefficient (Wildman–Crippen LogP) is 2.82. The molecule has 0 spiro atoms. The van der Waals surface area contributed by atoms with Crippen LogP contribution < -0.4 is 4.74 Å². The van der Waals surface area contributed by atoms with E-state index in [0.717, 1.165) is 17.7 Å². The molecule has 1 saturated heterocycles. The molecule has 3 rings (SSSR count). The normalized spacial score (nSPS) is 28.4. The van der Waals surface area contributed by atoms with Crippen molar-refractivity contribution in [3.05, 3.63) is 29.3 Å². The van der Waals surface area contributed by atoms with Gasteiger partial charge in [0.2, 0.25) is 0 Å². The van der Waals surface area contributed by atoms with Crippen LogP contribution in [0.3, 0.4) is 0 Å². The van der Waals surface area contributed by atoms with Crippen LogP contribution in [0.4, 0.5) is 0 Å². The van der Waals surface area contributed by atoms with Crippen molar-refractivity contribution in [3.8, 4) is 5.75 Å². The Labute approximate surface area is 104 Å². The van der Waals surface area contributed by atoms with E-state index in [-0.39, 0.29) is 0 Å². The minimum Gasteiger partial charge on any atom is -0.496 e. The zero-order valence-corrected chi connectivity index (χ0v) is 10.8. The summed E-state index contributed by atoms with van der Waals surface area (Å²) in [7, 11) is 4.07. The number of methoxy groups -OCH3 is 1. The molecule has 0 aromatic heterocycles. The van der Waals surface area contributed by atoms with Crippen molar-refractivity contribution in [2.45, 2.75) is 37.6 Å². The molecule has 0 amide bonds. The van der Waals surface area contributed by atoms with Crippen LogP contribution in [0.1, 0.15) is 36.3 Å². The van der Waals surface area contributed by atoms with Crippen LogP contribution in [0.15, 0.2) is 18.2 Å². The van der Waals surface area contributed by atoms with Crippen LogP contribution in [0, 0.1) is 0 Å². The van der Waals surface area contributed by atoms with Gasteiger partial charge < -0.3 is 9.64 Å². The first kappa shape index (κ1) is 11.1. The largest absolute Gasteiger partial charge is 0.496 e. The molecule has 1 fully saturated rings. The van der Waals surface area contributed by atoms with Gasteiger partial charge in [0.25, 0.3) is 0 Å². The van der Waals surface area contributed by atoms with Crippen molar-refractivity contribution < 1.29 is 4.74 Å². The molecule has 0 saturated carbocycles. The maximum absolute atomic E-state index is 5.51.